The summed E-state index contributed by atoms with van der Waals surface area (Å²) in [5.41, 5.74) is 0. The van der Waals surface area contributed by atoms with E-state index in [0.717, 1.165) is 10.7 Å². The molecule has 4 nitrogen and oxygen atoms in total. The Morgan fingerprint density at radius 3 is 2.07 bits per heavy atom. The predicted octanol–water partition coefficient (Wildman–Crippen LogP) is 0.995. The van der Waals surface area contributed by atoms with E-state index >= 15 is 0 Å². The number of amides is 1. The third kappa shape index (κ3) is 5.14. The summed E-state index contributed by atoms with van der Waals surface area (Å²) in [7, 11) is -3.30. The number of carbonyl (C=O) groups excluding carboxylic acids is 1. The Balaban J connectivity index is 4.49. The molecule has 0 aromatic rings. The molecule has 0 aromatic heterocycles. The van der Waals surface area contributed by atoms with Crippen LogP contribution in [-0.4, -0.2) is 36.3 Å². The zero-order chi connectivity index (χ0) is 12.2. The zero-order valence-electron chi connectivity index (χ0n) is 9.45. The van der Waals surface area contributed by atoms with Crippen LogP contribution in [-0.2, 0) is 14.6 Å². The summed E-state index contributed by atoms with van der Waals surface area (Å²) < 4.78 is 23.1. The molecule has 6 heteroatoms. The molecule has 0 aliphatic rings. The van der Waals surface area contributed by atoms with Crippen molar-refractivity contribution in [3.63, 3.8) is 0 Å². The fourth-order valence-corrected chi connectivity index (χ4v) is 2.57. The zero-order valence-corrected chi connectivity index (χ0v) is 12.4. The monoisotopic (exact) mass is 347 g/mol. The molecule has 90 valence electrons. The molecule has 1 amide bonds. The van der Waals surface area contributed by atoms with Gasteiger partial charge in [0.1, 0.15) is 5.25 Å². The van der Waals surface area contributed by atoms with Crippen LogP contribution in [0.4, 0.5) is 0 Å². The van der Waals surface area contributed by atoms with E-state index in [-0.39, 0.29) is 6.04 Å². The van der Waals surface area contributed by atoms with Crippen molar-refractivity contribution < 1.29 is 13.2 Å². The molecule has 0 saturated carbocycles. The number of rotatable bonds is 5. The molecular formula is C9H18INO3S. The van der Waals surface area contributed by atoms with E-state index in [1.807, 2.05) is 13.8 Å². The van der Waals surface area contributed by atoms with Crippen LogP contribution in [0.3, 0.4) is 0 Å². The van der Waals surface area contributed by atoms with Gasteiger partial charge in [-0.15, -0.1) is 0 Å². The minimum Gasteiger partial charge on any atom is -0.351 e. The molecule has 0 aromatic carbocycles. The second-order valence-corrected chi connectivity index (χ2v) is 7.23. The summed E-state index contributed by atoms with van der Waals surface area (Å²) in [5, 5.41) is 1.78. The summed E-state index contributed by atoms with van der Waals surface area (Å²) in [6.07, 6.45) is 1.08. The van der Waals surface area contributed by atoms with Gasteiger partial charge in [0.15, 0.2) is 9.84 Å². The van der Waals surface area contributed by atoms with E-state index in [1.165, 1.54) is 6.92 Å². The molecule has 0 saturated heterocycles. The lowest BCUT2D eigenvalue weighted by Crippen LogP contribution is -2.46. The van der Waals surface area contributed by atoms with Gasteiger partial charge < -0.3 is 5.32 Å². The standard InChI is InChI=1S/C9H18INO3S/c1-6(2)8(5-10)11-9(12)7(3)15(4,13)14/h6-8H,5H2,1-4H3,(H,11,12). The minimum atomic E-state index is -3.30. The number of halogens is 1. The lowest BCUT2D eigenvalue weighted by molar-refractivity contribution is -0.121. The van der Waals surface area contributed by atoms with Crippen LogP contribution in [0.5, 0.6) is 0 Å². The molecule has 1 N–H and O–H groups in total. The summed E-state index contributed by atoms with van der Waals surface area (Å²) in [6, 6.07) is 0.0299. The first-order valence-corrected chi connectivity index (χ1v) is 8.23. The van der Waals surface area contributed by atoms with Gasteiger partial charge in [0.2, 0.25) is 5.91 Å². The topological polar surface area (TPSA) is 63.2 Å². The Morgan fingerprint density at radius 2 is 1.80 bits per heavy atom. The molecule has 0 fully saturated rings. The first-order valence-electron chi connectivity index (χ1n) is 4.75. The number of hydrogen-bond acceptors (Lipinski definition) is 3. The second-order valence-electron chi connectivity index (χ2n) is 3.99. The highest BCUT2D eigenvalue weighted by Crippen LogP contribution is 2.07. The van der Waals surface area contributed by atoms with Gasteiger partial charge in [0.05, 0.1) is 0 Å². The van der Waals surface area contributed by atoms with E-state index in [4.69, 9.17) is 0 Å². The largest absolute Gasteiger partial charge is 0.351 e. The highest BCUT2D eigenvalue weighted by molar-refractivity contribution is 14.1. The van der Waals surface area contributed by atoms with Crippen molar-refractivity contribution in [1.29, 1.82) is 0 Å². The Kier molecular flexibility index (Phi) is 6.09. The van der Waals surface area contributed by atoms with Crippen LogP contribution in [0.25, 0.3) is 0 Å². The van der Waals surface area contributed by atoms with Gasteiger partial charge in [0, 0.05) is 16.7 Å². The molecule has 0 radical (unpaired) electrons. The van der Waals surface area contributed by atoms with E-state index in [1.54, 1.807) is 0 Å². The number of carbonyl (C=O) groups is 1. The smallest absolute Gasteiger partial charge is 0.238 e. The minimum absolute atomic E-state index is 0.0299. The fraction of sp³-hybridized carbons (Fsp3) is 0.889. The van der Waals surface area contributed by atoms with Gasteiger partial charge in [-0.3, -0.25) is 4.79 Å². The highest BCUT2D eigenvalue weighted by atomic mass is 127. The molecule has 0 heterocycles. The van der Waals surface area contributed by atoms with Gasteiger partial charge in [-0.2, -0.15) is 0 Å². The maximum atomic E-state index is 11.6. The average molecular weight is 347 g/mol. The third-order valence-electron chi connectivity index (χ3n) is 2.31. The predicted molar refractivity (Wildman–Crippen MR) is 70.0 cm³/mol. The van der Waals surface area contributed by atoms with E-state index in [0.29, 0.717) is 5.92 Å². The normalized spacial score (nSPS) is 16.1. The second kappa shape index (κ2) is 6.03. The van der Waals surface area contributed by atoms with Crippen molar-refractivity contribution in [1.82, 2.24) is 5.32 Å². The van der Waals surface area contributed by atoms with Crippen LogP contribution in [0.1, 0.15) is 20.8 Å². The van der Waals surface area contributed by atoms with Crippen LogP contribution >= 0.6 is 22.6 Å². The number of nitrogens with one attached hydrogen (secondary N) is 1. The van der Waals surface area contributed by atoms with Gasteiger partial charge in [-0.25, -0.2) is 8.42 Å². The third-order valence-corrected chi connectivity index (χ3v) is 4.76. The van der Waals surface area contributed by atoms with Crippen molar-refractivity contribution in [2.24, 2.45) is 5.92 Å². The average Bonchev–Trinajstić information content (AvgIpc) is 2.10. The molecule has 0 aliphatic heterocycles. The SMILES string of the molecule is CC(C)C(CI)NC(=O)C(C)S(C)(=O)=O. The van der Waals surface area contributed by atoms with Crippen LogP contribution < -0.4 is 5.32 Å². The van der Waals surface area contributed by atoms with Gasteiger partial charge in [-0.1, -0.05) is 36.4 Å². The van der Waals surface area contributed by atoms with Crippen molar-refractivity contribution >= 4 is 38.3 Å². The number of hydrogen-bond donors (Lipinski definition) is 1. The maximum absolute atomic E-state index is 11.6. The van der Waals surface area contributed by atoms with Crippen molar-refractivity contribution in [2.75, 3.05) is 10.7 Å². The lowest BCUT2D eigenvalue weighted by atomic mass is 10.1. The molecule has 2 unspecified atom stereocenters. The van der Waals surface area contributed by atoms with Crippen LogP contribution in [0, 0.1) is 5.92 Å². The summed E-state index contributed by atoms with van der Waals surface area (Å²) in [5.74, 6) is -0.106. The molecule has 0 bridgehead atoms. The van der Waals surface area contributed by atoms with Crippen LogP contribution in [0.15, 0.2) is 0 Å². The van der Waals surface area contributed by atoms with Crippen molar-refractivity contribution in [3.8, 4) is 0 Å². The van der Waals surface area contributed by atoms with Gasteiger partial charge in [-0.05, 0) is 12.8 Å². The summed E-state index contributed by atoms with van der Waals surface area (Å²) >= 11 is 2.18. The number of sulfone groups is 1. The first-order chi connectivity index (χ1) is 6.70. The van der Waals surface area contributed by atoms with E-state index in [9.17, 15) is 13.2 Å². The first kappa shape index (κ1) is 15.2. The Morgan fingerprint density at radius 1 is 1.33 bits per heavy atom. The molecule has 2 atom stereocenters. The van der Waals surface area contributed by atoms with Gasteiger partial charge in [0.25, 0.3) is 0 Å². The molecule has 0 aliphatic carbocycles. The van der Waals surface area contributed by atoms with Crippen molar-refractivity contribution in [2.45, 2.75) is 32.1 Å². The fourth-order valence-electron chi connectivity index (χ4n) is 0.878. The Labute approximate surface area is 105 Å². The molecule has 15 heavy (non-hydrogen) atoms. The molecule has 0 spiro atoms. The Bertz CT molecular complexity index is 313. The van der Waals surface area contributed by atoms with E-state index in [2.05, 4.69) is 27.9 Å². The van der Waals surface area contributed by atoms with Gasteiger partial charge >= 0.3 is 0 Å². The van der Waals surface area contributed by atoms with E-state index < -0.39 is 21.0 Å². The van der Waals surface area contributed by atoms with Crippen LogP contribution in [0.2, 0.25) is 0 Å². The molecular weight excluding hydrogens is 329 g/mol. The Hall–Kier alpha value is 0.150. The molecule has 0 rings (SSSR count). The number of alkyl halides is 1. The highest BCUT2D eigenvalue weighted by Gasteiger charge is 2.26. The lowest BCUT2D eigenvalue weighted by Gasteiger charge is -2.21. The quantitative estimate of drug-likeness (QED) is 0.596. The maximum Gasteiger partial charge on any atom is 0.238 e. The summed E-state index contributed by atoms with van der Waals surface area (Å²) in [4.78, 5) is 11.6. The van der Waals surface area contributed by atoms with Crippen molar-refractivity contribution in [3.05, 3.63) is 0 Å². The summed E-state index contributed by atoms with van der Waals surface area (Å²) in [6.45, 7) is 5.40.